The number of rotatable bonds is 3. The number of aryl methyl sites for hydroxylation is 1. The molecule has 94 valence electrons. The van der Waals surface area contributed by atoms with Gasteiger partial charge in [0.15, 0.2) is 4.67 Å². The molecule has 0 aromatic carbocycles. The maximum atomic E-state index is 11.8. The highest BCUT2D eigenvalue weighted by molar-refractivity contribution is 9.10. The van der Waals surface area contributed by atoms with Gasteiger partial charge in [0.2, 0.25) is 0 Å². The van der Waals surface area contributed by atoms with Crippen molar-refractivity contribution in [2.75, 3.05) is 5.32 Å². The Morgan fingerprint density at radius 2 is 2.22 bits per heavy atom. The lowest BCUT2D eigenvalue weighted by Gasteiger charge is -1.99. The zero-order valence-electron chi connectivity index (χ0n) is 9.19. The van der Waals surface area contributed by atoms with E-state index in [1.165, 1.54) is 12.3 Å². The van der Waals surface area contributed by atoms with Crippen molar-refractivity contribution in [1.29, 1.82) is 0 Å². The summed E-state index contributed by atoms with van der Waals surface area (Å²) in [7, 11) is 0. The van der Waals surface area contributed by atoms with Gasteiger partial charge >= 0.3 is 5.97 Å². The predicted molar refractivity (Wildman–Crippen MR) is 70.4 cm³/mol. The quantitative estimate of drug-likeness (QED) is 0.904. The number of halogens is 1. The van der Waals surface area contributed by atoms with E-state index in [-0.39, 0.29) is 10.8 Å². The average molecular weight is 330 g/mol. The summed E-state index contributed by atoms with van der Waals surface area (Å²) in [6, 6.07) is 3.15. The lowest BCUT2D eigenvalue weighted by Crippen LogP contribution is -2.10. The second-order valence-corrected chi connectivity index (χ2v) is 5.26. The third-order valence-electron chi connectivity index (χ3n) is 2.21. The second-order valence-electron chi connectivity index (χ2n) is 3.49. The molecule has 2 rings (SSSR count). The molecule has 7 heteroatoms. The molecule has 2 aromatic heterocycles. The van der Waals surface area contributed by atoms with Crippen LogP contribution in [0.15, 0.2) is 27.5 Å². The number of amides is 1. The fraction of sp³-hybridized carbons (Fsp3) is 0.0909. The molecule has 0 aliphatic rings. The first-order valence-electron chi connectivity index (χ1n) is 4.87. The molecule has 18 heavy (non-hydrogen) atoms. The van der Waals surface area contributed by atoms with Gasteiger partial charge in [-0.2, -0.15) is 0 Å². The van der Waals surface area contributed by atoms with Gasteiger partial charge < -0.3 is 14.8 Å². The molecule has 1 amide bonds. The van der Waals surface area contributed by atoms with Crippen molar-refractivity contribution < 1.29 is 19.1 Å². The highest BCUT2D eigenvalue weighted by Crippen LogP contribution is 2.27. The van der Waals surface area contributed by atoms with E-state index in [1.807, 2.05) is 0 Å². The maximum absolute atomic E-state index is 11.8. The van der Waals surface area contributed by atoms with Crippen LogP contribution in [0.3, 0.4) is 0 Å². The summed E-state index contributed by atoms with van der Waals surface area (Å²) in [6.45, 7) is 1.68. The summed E-state index contributed by atoms with van der Waals surface area (Å²) in [5, 5.41) is 12.0. The summed E-state index contributed by atoms with van der Waals surface area (Å²) in [4.78, 5) is 22.9. The highest BCUT2D eigenvalue weighted by atomic mass is 79.9. The molecule has 2 N–H and O–H groups in total. The van der Waals surface area contributed by atoms with Crippen molar-refractivity contribution in [1.82, 2.24) is 0 Å². The van der Waals surface area contributed by atoms with Gasteiger partial charge in [0.05, 0.1) is 16.8 Å². The van der Waals surface area contributed by atoms with Crippen molar-refractivity contribution in [2.24, 2.45) is 0 Å². The molecular formula is C11H8BrNO4S. The number of anilines is 1. The van der Waals surface area contributed by atoms with E-state index in [1.54, 1.807) is 13.0 Å². The lowest BCUT2D eigenvalue weighted by atomic mass is 10.3. The topological polar surface area (TPSA) is 79.5 Å². The number of carbonyl (C=O) groups is 2. The molecule has 0 saturated heterocycles. The maximum Gasteiger partial charge on any atom is 0.346 e. The lowest BCUT2D eigenvalue weighted by molar-refractivity contribution is 0.0701. The monoisotopic (exact) mass is 329 g/mol. The SMILES string of the molecule is Cc1cc(NC(=O)c2ccoc2Br)sc1C(=O)O. The first-order chi connectivity index (χ1) is 8.49. The number of aromatic carboxylic acids is 1. The van der Waals surface area contributed by atoms with Crippen LogP contribution in [0, 0.1) is 6.92 Å². The van der Waals surface area contributed by atoms with Crippen LogP contribution in [0.4, 0.5) is 5.00 Å². The van der Waals surface area contributed by atoms with Gasteiger partial charge in [-0.15, -0.1) is 11.3 Å². The number of hydrogen-bond acceptors (Lipinski definition) is 4. The largest absolute Gasteiger partial charge is 0.477 e. The van der Waals surface area contributed by atoms with Gasteiger partial charge in [0.1, 0.15) is 4.88 Å². The first kappa shape index (κ1) is 12.8. The van der Waals surface area contributed by atoms with Crippen molar-refractivity contribution in [3.05, 3.63) is 39.1 Å². The molecule has 0 radical (unpaired) electrons. The molecule has 2 aromatic rings. The zero-order chi connectivity index (χ0) is 13.3. The Kier molecular flexibility index (Phi) is 3.53. The molecule has 0 bridgehead atoms. The summed E-state index contributed by atoms with van der Waals surface area (Å²) in [5.74, 6) is -1.35. The fourth-order valence-electron chi connectivity index (χ4n) is 1.39. The zero-order valence-corrected chi connectivity index (χ0v) is 11.6. The van der Waals surface area contributed by atoms with Gasteiger partial charge in [-0.3, -0.25) is 4.79 Å². The van der Waals surface area contributed by atoms with Gasteiger partial charge in [-0.25, -0.2) is 4.79 Å². The summed E-state index contributed by atoms with van der Waals surface area (Å²) in [6.07, 6.45) is 1.39. The van der Waals surface area contributed by atoms with Crippen LogP contribution in [-0.2, 0) is 0 Å². The van der Waals surface area contributed by atoms with Crippen LogP contribution in [0.2, 0.25) is 0 Å². The van der Waals surface area contributed by atoms with E-state index in [4.69, 9.17) is 9.52 Å². The van der Waals surface area contributed by atoms with Gasteiger partial charge in [0.25, 0.3) is 5.91 Å². The number of nitrogens with one attached hydrogen (secondary N) is 1. The molecule has 0 spiro atoms. The van der Waals surface area contributed by atoms with E-state index in [0.717, 1.165) is 11.3 Å². The van der Waals surface area contributed by atoms with Gasteiger partial charge in [0, 0.05) is 0 Å². The molecule has 0 aliphatic heterocycles. The minimum Gasteiger partial charge on any atom is -0.477 e. The Labute approximate surface area is 115 Å². The van der Waals surface area contributed by atoms with Crippen molar-refractivity contribution >= 4 is 44.1 Å². The number of furan rings is 1. The minimum absolute atomic E-state index is 0.219. The van der Waals surface area contributed by atoms with Crippen molar-refractivity contribution in [3.8, 4) is 0 Å². The third kappa shape index (κ3) is 2.46. The fourth-order valence-corrected chi connectivity index (χ4v) is 2.72. The van der Waals surface area contributed by atoms with Crippen molar-refractivity contribution in [2.45, 2.75) is 6.92 Å². The van der Waals surface area contributed by atoms with Crippen molar-refractivity contribution in [3.63, 3.8) is 0 Å². The molecular weight excluding hydrogens is 322 g/mol. The Bertz CT molecular complexity index is 616. The number of carboxylic acids is 1. The van der Waals surface area contributed by atoms with E-state index in [2.05, 4.69) is 21.2 Å². The van der Waals surface area contributed by atoms with Crippen LogP contribution in [0.25, 0.3) is 0 Å². The molecule has 2 heterocycles. The van der Waals surface area contributed by atoms with E-state index >= 15 is 0 Å². The van der Waals surface area contributed by atoms with E-state index in [0.29, 0.717) is 20.8 Å². The molecule has 0 aliphatic carbocycles. The first-order valence-corrected chi connectivity index (χ1v) is 6.48. The van der Waals surface area contributed by atoms with Crippen LogP contribution >= 0.6 is 27.3 Å². The second kappa shape index (κ2) is 4.95. The summed E-state index contributed by atoms with van der Waals surface area (Å²) >= 11 is 4.13. The smallest absolute Gasteiger partial charge is 0.346 e. The standard InChI is InChI=1S/C11H8BrNO4S/c1-5-4-7(18-8(5)11(15)16)13-10(14)6-2-3-17-9(6)12/h2-4H,1H3,(H,13,14)(H,15,16). The third-order valence-corrected chi connectivity index (χ3v) is 3.97. The van der Waals surface area contributed by atoms with Crippen LogP contribution in [0.1, 0.15) is 25.6 Å². The number of hydrogen-bond donors (Lipinski definition) is 2. The van der Waals surface area contributed by atoms with Crippen LogP contribution < -0.4 is 5.32 Å². The highest BCUT2D eigenvalue weighted by Gasteiger charge is 2.16. The molecule has 5 nitrogen and oxygen atoms in total. The Balaban J connectivity index is 2.20. The van der Waals surface area contributed by atoms with E-state index < -0.39 is 5.97 Å². The predicted octanol–water partition coefficient (Wildman–Crippen LogP) is 3.36. The number of carbonyl (C=O) groups excluding carboxylic acids is 1. The number of thiophene rings is 1. The average Bonchev–Trinajstić information content (AvgIpc) is 2.84. The van der Waals surface area contributed by atoms with E-state index in [9.17, 15) is 9.59 Å². The Morgan fingerprint density at radius 3 is 2.72 bits per heavy atom. The minimum atomic E-state index is -0.998. The normalized spacial score (nSPS) is 10.3. The molecule has 0 unspecified atom stereocenters. The van der Waals surface area contributed by atoms with Gasteiger partial charge in [-0.05, 0) is 40.5 Å². The Morgan fingerprint density at radius 1 is 1.50 bits per heavy atom. The molecule has 0 atom stereocenters. The van der Waals surface area contributed by atoms with Gasteiger partial charge in [-0.1, -0.05) is 0 Å². The summed E-state index contributed by atoms with van der Waals surface area (Å²) in [5.41, 5.74) is 0.979. The van der Waals surface area contributed by atoms with Crippen LogP contribution in [0.5, 0.6) is 0 Å². The molecule has 0 saturated carbocycles. The van der Waals surface area contributed by atoms with Crippen LogP contribution in [-0.4, -0.2) is 17.0 Å². The summed E-state index contributed by atoms with van der Waals surface area (Å²) < 4.78 is 5.30. The molecule has 0 fully saturated rings. The Hall–Kier alpha value is -1.60. The number of carboxylic acid groups (broad SMARTS) is 1.